The minimum absolute atomic E-state index is 0.793. The van der Waals surface area contributed by atoms with Crippen LogP contribution in [0.1, 0.15) is 27.9 Å². The van der Waals surface area contributed by atoms with Crippen molar-refractivity contribution < 1.29 is 0 Å². The van der Waals surface area contributed by atoms with Crippen molar-refractivity contribution in [2.24, 2.45) is 4.99 Å². The molecule has 0 saturated heterocycles. The molecule has 0 spiro atoms. The Morgan fingerprint density at radius 2 is 1.74 bits per heavy atom. The molecule has 1 aliphatic rings. The van der Waals surface area contributed by atoms with Crippen LogP contribution >= 0.6 is 0 Å². The molecule has 0 atom stereocenters. The lowest BCUT2D eigenvalue weighted by molar-refractivity contribution is 0.665. The minimum Gasteiger partial charge on any atom is -0.284 e. The standard InChI is InChI=1S/C20H19N3/c1-15-19(13-22-23(15)14-16-7-3-2-4-8-16)20-18-10-6-5-9-17(18)11-12-21-20/h2-10,13H,11-12,14H2,1H3. The molecule has 0 aliphatic carbocycles. The van der Waals surface area contributed by atoms with Crippen LogP contribution in [0.4, 0.5) is 0 Å². The van der Waals surface area contributed by atoms with Gasteiger partial charge in [-0.3, -0.25) is 9.67 Å². The van der Waals surface area contributed by atoms with E-state index in [1.165, 1.54) is 22.4 Å². The molecule has 2 aromatic carbocycles. The van der Waals surface area contributed by atoms with Gasteiger partial charge in [0.25, 0.3) is 0 Å². The van der Waals surface area contributed by atoms with Crippen molar-refractivity contribution in [3.05, 3.63) is 88.7 Å². The fourth-order valence-electron chi connectivity index (χ4n) is 3.17. The monoisotopic (exact) mass is 301 g/mol. The molecule has 2 heterocycles. The molecule has 1 aromatic heterocycles. The normalized spacial score (nSPS) is 13.5. The van der Waals surface area contributed by atoms with Gasteiger partial charge in [0.1, 0.15) is 0 Å². The molecule has 0 N–H and O–H groups in total. The van der Waals surface area contributed by atoms with Gasteiger partial charge in [0.15, 0.2) is 0 Å². The van der Waals surface area contributed by atoms with Crippen molar-refractivity contribution in [1.29, 1.82) is 0 Å². The fraction of sp³-hybridized carbons (Fsp3) is 0.200. The summed E-state index contributed by atoms with van der Waals surface area (Å²) >= 11 is 0. The highest BCUT2D eigenvalue weighted by Gasteiger charge is 2.19. The number of benzene rings is 2. The van der Waals surface area contributed by atoms with Crippen LogP contribution in [0.5, 0.6) is 0 Å². The van der Waals surface area contributed by atoms with Gasteiger partial charge in [0.2, 0.25) is 0 Å². The number of rotatable bonds is 3. The van der Waals surface area contributed by atoms with Gasteiger partial charge >= 0.3 is 0 Å². The van der Waals surface area contributed by atoms with E-state index in [0.717, 1.165) is 30.8 Å². The summed E-state index contributed by atoms with van der Waals surface area (Å²) in [4.78, 5) is 4.79. The van der Waals surface area contributed by atoms with E-state index in [4.69, 9.17) is 4.99 Å². The van der Waals surface area contributed by atoms with Gasteiger partial charge < -0.3 is 0 Å². The van der Waals surface area contributed by atoms with Crippen molar-refractivity contribution in [3.63, 3.8) is 0 Å². The first kappa shape index (κ1) is 13.9. The molecule has 3 aromatic rings. The number of hydrogen-bond donors (Lipinski definition) is 0. The number of fused-ring (bicyclic) bond motifs is 1. The average molecular weight is 301 g/mol. The Hall–Kier alpha value is -2.68. The van der Waals surface area contributed by atoms with Gasteiger partial charge in [0, 0.05) is 23.4 Å². The second-order valence-corrected chi connectivity index (χ2v) is 5.92. The van der Waals surface area contributed by atoms with E-state index in [9.17, 15) is 0 Å². The summed E-state index contributed by atoms with van der Waals surface area (Å²) in [5.41, 5.74) is 7.30. The van der Waals surface area contributed by atoms with Crippen LogP contribution in [0.15, 0.2) is 65.8 Å². The van der Waals surface area contributed by atoms with Gasteiger partial charge in [-0.2, -0.15) is 5.10 Å². The summed E-state index contributed by atoms with van der Waals surface area (Å²) in [6.45, 7) is 3.78. The predicted molar refractivity (Wildman–Crippen MR) is 93.2 cm³/mol. The van der Waals surface area contributed by atoms with Crippen LogP contribution in [-0.4, -0.2) is 22.0 Å². The Balaban J connectivity index is 1.70. The van der Waals surface area contributed by atoms with E-state index in [1.54, 1.807) is 0 Å². The Morgan fingerprint density at radius 3 is 2.61 bits per heavy atom. The molecule has 0 amide bonds. The van der Waals surface area contributed by atoms with E-state index in [-0.39, 0.29) is 0 Å². The smallest absolute Gasteiger partial charge is 0.0756 e. The zero-order valence-corrected chi connectivity index (χ0v) is 13.2. The third-order valence-corrected chi connectivity index (χ3v) is 4.46. The van der Waals surface area contributed by atoms with Crippen LogP contribution in [0.25, 0.3) is 0 Å². The molecule has 4 rings (SSSR count). The highest BCUT2D eigenvalue weighted by atomic mass is 15.3. The maximum Gasteiger partial charge on any atom is 0.0756 e. The third kappa shape index (κ3) is 2.59. The lowest BCUT2D eigenvalue weighted by Crippen LogP contribution is -2.15. The zero-order chi connectivity index (χ0) is 15.6. The summed E-state index contributed by atoms with van der Waals surface area (Å²) in [5.74, 6) is 0. The van der Waals surface area contributed by atoms with Gasteiger partial charge in [-0.1, -0.05) is 54.6 Å². The highest BCUT2D eigenvalue weighted by Crippen LogP contribution is 2.22. The number of hydrogen-bond acceptors (Lipinski definition) is 2. The van der Waals surface area contributed by atoms with E-state index < -0.39 is 0 Å². The van der Waals surface area contributed by atoms with E-state index in [0.29, 0.717) is 0 Å². The van der Waals surface area contributed by atoms with Crippen molar-refractivity contribution in [3.8, 4) is 0 Å². The van der Waals surface area contributed by atoms with Gasteiger partial charge in [-0.15, -0.1) is 0 Å². The SMILES string of the molecule is Cc1c(C2=NCCc3ccccc32)cnn1Cc1ccccc1. The first-order chi connectivity index (χ1) is 11.3. The zero-order valence-electron chi connectivity index (χ0n) is 13.2. The number of aromatic nitrogens is 2. The first-order valence-electron chi connectivity index (χ1n) is 8.02. The molecule has 0 radical (unpaired) electrons. The second kappa shape index (κ2) is 5.84. The Morgan fingerprint density at radius 1 is 0.957 bits per heavy atom. The van der Waals surface area contributed by atoms with Gasteiger partial charge in [0.05, 0.1) is 18.5 Å². The van der Waals surface area contributed by atoms with Crippen molar-refractivity contribution in [1.82, 2.24) is 9.78 Å². The van der Waals surface area contributed by atoms with Gasteiger partial charge in [-0.25, -0.2) is 0 Å². The Kier molecular flexibility index (Phi) is 3.54. The Labute approximate surface area is 136 Å². The largest absolute Gasteiger partial charge is 0.284 e. The molecular weight excluding hydrogens is 282 g/mol. The second-order valence-electron chi connectivity index (χ2n) is 5.92. The summed E-state index contributed by atoms with van der Waals surface area (Å²) in [5, 5.41) is 4.59. The lowest BCUT2D eigenvalue weighted by Gasteiger charge is -2.16. The topological polar surface area (TPSA) is 30.2 Å². The predicted octanol–water partition coefficient (Wildman–Crippen LogP) is 3.63. The lowest BCUT2D eigenvalue weighted by atomic mass is 9.94. The average Bonchev–Trinajstić information content (AvgIpc) is 2.96. The van der Waals surface area contributed by atoms with Gasteiger partial charge in [-0.05, 0) is 24.5 Å². The van der Waals surface area contributed by atoms with E-state index in [1.807, 2.05) is 12.3 Å². The van der Waals surface area contributed by atoms with Crippen molar-refractivity contribution in [2.45, 2.75) is 19.9 Å². The van der Waals surface area contributed by atoms with Crippen molar-refractivity contribution in [2.75, 3.05) is 6.54 Å². The van der Waals surface area contributed by atoms with E-state index in [2.05, 4.69) is 65.2 Å². The maximum absolute atomic E-state index is 4.79. The minimum atomic E-state index is 0.793. The summed E-state index contributed by atoms with van der Waals surface area (Å²) in [7, 11) is 0. The number of aliphatic imine (C=N–C) groups is 1. The molecule has 114 valence electrons. The maximum atomic E-state index is 4.79. The molecule has 0 saturated carbocycles. The summed E-state index contributed by atoms with van der Waals surface area (Å²) < 4.78 is 2.06. The van der Waals surface area contributed by atoms with Crippen LogP contribution in [0, 0.1) is 6.92 Å². The molecule has 0 fully saturated rings. The summed E-state index contributed by atoms with van der Waals surface area (Å²) in [6.07, 6.45) is 2.98. The quantitative estimate of drug-likeness (QED) is 0.726. The van der Waals surface area contributed by atoms with Crippen LogP contribution in [-0.2, 0) is 13.0 Å². The molecule has 0 unspecified atom stereocenters. The third-order valence-electron chi connectivity index (χ3n) is 4.46. The van der Waals surface area contributed by atoms with E-state index >= 15 is 0 Å². The molecule has 1 aliphatic heterocycles. The fourth-order valence-corrected chi connectivity index (χ4v) is 3.17. The molecule has 3 nitrogen and oxygen atoms in total. The first-order valence-corrected chi connectivity index (χ1v) is 8.02. The van der Waals surface area contributed by atoms with Crippen molar-refractivity contribution >= 4 is 5.71 Å². The molecule has 23 heavy (non-hydrogen) atoms. The molecule has 0 bridgehead atoms. The van der Waals surface area contributed by atoms with Crippen LogP contribution in [0.2, 0.25) is 0 Å². The molecule has 3 heteroatoms. The molecular formula is C20H19N3. The van der Waals surface area contributed by atoms with Crippen LogP contribution < -0.4 is 0 Å². The van der Waals surface area contributed by atoms with Crippen LogP contribution in [0.3, 0.4) is 0 Å². The Bertz CT molecular complexity index is 860. The highest BCUT2D eigenvalue weighted by molar-refractivity contribution is 6.14. The summed E-state index contributed by atoms with van der Waals surface area (Å²) in [6, 6.07) is 19.0. The number of nitrogens with zero attached hydrogens (tertiary/aromatic N) is 3.